The van der Waals surface area contributed by atoms with Crippen molar-refractivity contribution < 1.29 is 0 Å². The van der Waals surface area contributed by atoms with Crippen molar-refractivity contribution in [2.45, 2.75) is 53.5 Å². The molecular formula is C18H31N3. The van der Waals surface area contributed by atoms with Crippen LogP contribution in [0.2, 0.25) is 0 Å². The molecule has 1 heterocycles. The van der Waals surface area contributed by atoms with E-state index in [4.69, 9.17) is 4.98 Å². The van der Waals surface area contributed by atoms with Crippen molar-refractivity contribution in [3.63, 3.8) is 0 Å². The predicted octanol–water partition coefficient (Wildman–Crippen LogP) is 3.76. The Labute approximate surface area is 130 Å². The van der Waals surface area contributed by atoms with Gasteiger partial charge >= 0.3 is 0 Å². The Morgan fingerprint density at radius 3 is 2.67 bits per heavy atom. The van der Waals surface area contributed by atoms with Gasteiger partial charge in [-0.05, 0) is 62.8 Å². The highest BCUT2D eigenvalue weighted by Gasteiger charge is 2.21. The van der Waals surface area contributed by atoms with E-state index < -0.39 is 0 Å². The highest BCUT2D eigenvalue weighted by molar-refractivity contribution is 5.42. The number of aromatic nitrogens is 1. The zero-order valence-electron chi connectivity index (χ0n) is 14.2. The average molecular weight is 289 g/mol. The van der Waals surface area contributed by atoms with Crippen LogP contribution >= 0.6 is 0 Å². The van der Waals surface area contributed by atoms with E-state index in [1.54, 1.807) is 0 Å². The van der Waals surface area contributed by atoms with Crippen LogP contribution in [0.25, 0.3) is 0 Å². The summed E-state index contributed by atoms with van der Waals surface area (Å²) in [6.45, 7) is 13.1. The molecule has 1 saturated carbocycles. The number of nitrogens with one attached hydrogen (secondary N) is 1. The molecule has 0 unspecified atom stereocenters. The fourth-order valence-corrected chi connectivity index (χ4v) is 2.86. The van der Waals surface area contributed by atoms with Gasteiger partial charge in [0.15, 0.2) is 0 Å². The number of anilines is 1. The molecule has 0 saturated heterocycles. The van der Waals surface area contributed by atoms with Crippen molar-refractivity contribution in [3.05, 3.63) is 23.4 Å². The molecule has 1 aliphatic rings. The topological polar surface area (TPSA) is 28.2 Å². The Morgan fingerprint density at radius 1 is 1.33 bits per heavy atom. The normalized spacial score (nSPS) is 15.3. The summed E-state index contributed by atoms with van der Waals surface area (Å²) in [4.78, 5) is 7.20. The zero-order chi connectivity index (χ0) is 15.2. The Balaban J connectivity index is 2.01. The number of hydrogen-bond acceptors (Lipinski definition) is 3. The summed E-state index contributed by atoms with van der Waals surface area (Å²) >= 11 is 0. The third-order valence-corrected chi connectivity index (χ3v) is 4.29. The van der Waals surface area contributed by atoms with Gasteiger partial charge in [-0.2, -0.15) is 0 Å². The lowest BCUT2D eigenvalue weighted by molar-refractivity contribution is 0.318. The molecule has 2 rings (SSSR count). The molecule has 118 valence electrons. The van der Waals surface area contributed by atoms with E-state index in [9.17, 15) is 0 Å². The van der Waals surface area contributed by atoms with Crippen molar-refractivity contribution in [2.75, 3.05) is 24.5 Å². The van der Waals surface area contributed by atoms with Crippen molar-refractivity contribution >= 4 is 5.82 Å². The summed E-state index contributed by atoms with van der Waals surface area (Å²) in [5, 5.41) is 3.53. The summed E-state index contributed by atoms with van der Waals surface area (Å²) in [6.07, 6.45) is 4.20. The maximum absolute atomic E-state index is 4.76. The number of hydrogen-bond donors (Lipinski definition) is 1. The first-order valence-corrected chi connectivity index (χ1v) is 8.51. The molecule has 0 aromatic carbocycles. The van der Waals surface area contributed by atoms with Crippen LogP contribution in [0.4, 0.5) is 5.82 Å². The van der Waals surface area contributed by atoms with E-state index in [0.29, 0.717) is 5.92 Å². The minimum Gasteiger partial charge on any atom is -0.357 e. The minimum atomic E-state index is 0.693. The summed E-state index contributed by atoms with van der Waals surface area (Å²) in [5.41, 5.74) is 2.48. The highest BCUT2D eigenvalue weighted by Crippen LogP contribution is 2.28. The fourth-order valence-electron chi connectivity index (χ4n) is 2.86. The number of pyridine rings is 1. The monoisotopic (exact) mass is 289 g/mol. The van der Waals surface area contributed by atoms with Gasteiger partial charge < -0.3 is 10.2 Å². The third kappa shape index (κ3) is 4.99. The first kappa shape index (κ1) is 16.3. The Morgan fingerprint density at radius 2 is 2.10 bits per heavy atom. The van der Waals surface area contributed by atoms with Crippen LogP contribution < -0.4 is 10.2 Å². The van der Waals surface area contributed by atoms with Crippen LogP contribution in [0.15, 0.2) is 12.1 Å². The van der Waals surface area contributed by atoms with Gasteiger partial charge in [0.05, 0.1) is 0 Å². The van der Waals surface area contributed by atoms with Crippen molar-refractivity contribution in [1.29, 1.82) is 0 Å². The predicted molar refractivity (Wildman–Crippen MR) is 90.7 cm³/mol. The average Bonchev–Trinajstić information content (AvgIpc) is 2.36. The third-order valence-electron chi connectivity index (χ3n) is 4.29. The molecule has 3 nitrogen and oxygen atoms in total. The van der Waals surface area contributed by atoms with Crippen LogP contribution in [-0.4, -0.2) is 24.6 Å². The van der Waals surface area contributed by atoms with Gasteiger partial charge in [0.25, 0.3) is 0 Å². The van der Waals surface area contributed by atoms with Crippen molar-refractivity contribution in [1.82, 2.24) is 10.3 Å². The van der Waals surface area contributed by atoms with Crippen molar-refractivity contribution in [2.24, 2.45) is 11.8 Å². The SMILES string of the molecule is CCN(CC1CCC1)c1cc(CNCC(C)C)cc(C)n1. The summed E-state index contributed by atoms with van der Waals surface area (Å²) in [6, 6.07) is 4.47. The molecule has 1 aliphatic carbocycles. The van der Waals surface area contributed by atoms with Gasteiger partial charge in [0, 0.05) is 25.3 Å². The molecule has 3 heteroatoms. The quantitative estimate of drug-likeness (QED) is 0.790. The van der Waals surface area contributed by atoms with Gasteiger partial charge in [-0.1, -0.05) is 20.3 Å². The fraction of sp³-hybridized carbons (Fsp3) is 0.722. The molecule has 0 amide bonds. The van der Waals surface area contributed by atoms with Crippen LogP contribution in [0.3, 0.4) is 0 Å². The van der Waals surface area contributed by atoms with Crippen molar-refractivity contribution in [3.8, 4) is 0 Å². The molecule has 21 heavy (non-hydrogen) atoms. The van der Waals surface area contributed by atoms with E-state index in [1.807, 2.05) is 0 Å². The standard InChI is InChI=1S/C18H31N3/c1-5-21(13-16-7-6-8-16)18-10-17(9-15(4)20-18)12-19-11-14(2)3/h9-10,14,16,19H,5-8,11-13H2,1-4H3. The Kier molecular flexibility index (Phi) is 6.04. The molecule has 1 aromatic rings. The first-order valence-electron chi connectivity index (χ1n) is 8.51. The Hall–Kier alpha value is -1.09. The maximum atomic E-state index is 4.76. The second-order valence-corrected chi connectivity index (χ2v) is 6.84. The molecule has 0 spiro atoms. The Bertz CT molecular complexity index is 438. The van der Waals surface area contributed by atoms with Crippen LogP contribution in [-0.2, 0) is 6.54 Å². The molecule has 1 fully saturated rings. The van der Waals surface area contributed by atoms with E-state index in [2.05, 4.69) is 50.0 Å². The lowest BCUT2D eigenvalue weighted by Crippen LogP contribution is -2.33. The molecule has 0 aliphatic heterocycles. The highest BCUT2D eigenvalue weighted by atomic mass is 15.2. The largest absolute Gasteiger partial charge is 0.357 e. The summed E-state index contributed by atoms with van der Waals surface area (Å²) in [5.74, 6) is 2.73. The van der Waals surface area contributed by atoms with Gasteiger partial charge in [-0.15, -0.1) is 0 Å². The minimum absolute atomic E-state index is 0.693. The lowest BCUT2D eigenvalue weighted by atomic mass is 9.85. The van der Waals surface area contributed by atoms with Gasteiger partial charge in [0.1, 0.15) is 5.82 Å². The molecule has 1 aromatic heterocycles. The van der Waals surface area contributed by atoms with Crippen LogP contribution in [0, 0.1) is 18.8 Å². The first-order chi connectivity index (χ1) is 10.1. The lowest BCUT2D eigenvalue weighted by Gasteiger charge is -2.32. The molecule has 0 radical (unpaired) electrons. The maximum Gasteiger partial charge on any atom is 0.129 e. The molecular weight excluding hydrogens is 258 g/mol. The number of rotatable bonds is 8. The van der Waals surface area contributed by atoms with E-state index >= 15 is 0 Å². The van der Waals surface area contributed by atoms with E-state index in [1.165, 1.54) is 31.4 Å². The summed E-state index contributed by atoms with van der Waals surface area (Å²) in [7, 11) is 0. The second-order valence-electron chi connectivity index (χ2n) is 6.84. The van der Waals surface area contributed by atoms with Gasteiger partial charge in [-0.3, -0.25) is 0 Å². The zero-order valence-corrected chi connectivity index (χ0v) is 14.2. The smallest absolute Gasteiger partial charge is 0.129 e. The van der Waals surface area contributed by atoms with E-state index in [-0.39, 0.29) is 0 Å². The number of aryl methyl sites for hydroxylation is 1. The second kappa shape index (κ2) is 7.79. The van der Waals surface area contributed by atoms with Gasteiger partial charge in [-0.25, -0.2) is 4.98 Å². The van der Waals surface area contributed by atoms with Gasteiger partial charge in [0.2, 0.25) is 0 Å². The van der Waals surface area contributed by atoms with Crippen LogP contribution in [0.5, 0.6) is 0 Å². The molecule has 0 bridgehead atoms. The van der Waals surface area contributed by atoms with Crippen LogP contribution in [0.1, 0.15) is 51.3 Å². The molecule has 1 N–H and O–H groups in total. The summed E-state index contributed by atoms with van der Waals surface area (Å²) < 4.78 is 0. The molecule has 0 atom stereocenters. The number of nitrogens with zero attached hydrogens (tertiary/aromatic N) is 2. The van der Waals surface area contributed by atoms with E-state index in [0.717, 1.165) is 37.1 Å².